The third kappa shape index (κ3) is 6.58. The third-order valence-electron chi connectivity index (χ3n) is 6.46. The standard InChI is InChI=1S/C33H29ClN2O3S/c1-23-15-17-27(18-16-23)35-33-36(20-19-24-9-4-3-5-10-24)32(37)30(40-33)21-25-12-8-14-29(38-2)31(25)39-22-26-11-6-7-13-28(26)34/h3-18,21H,19-20,22H2,1-2H3/b30-21+,35-33?. The molecule has 0 spiro atoms. The fourth-order valence-corrected chi connectivity index (χ4v) is 5.48. The number of amides is 1. The zero-order chi connectivity index (χ0) is 27.9. The first-order valence-electron chi connectivity index (χ1n) is 13.0. The van der Waals surface area contributed by atoms with Gasteiger partial charge in [-0.2, -0.15) is 0 Å². The number of ether oxygens (including phenoxy) is 2. The van der Waals surface area contributed by atoms with Gasteiger partial charge in [0.1, 0.15) is 6.61 Å². The number of aryl methyl sites for hydroxylation is 1. The second-order valence-electron chi connectivity index (χ2n) is 9.29. The summed E-state index contributed by atoms with van der Waals surface area (Å²) in [5.41, 5.74) is 4.72. The van der Waals surface area contributed by atoms with Crippen molar-refractivity contribution in [1.82, 2.24) is 4.90 Å². The van der Waals surface area contributed by atoms with Crippen molar-refractivity contribution >= 4 is 46.2 Å². The van der Waals surface area contributed by atoms with Crippen molar-refractivity contribution < 1.29 is 14.3 Å². The molecule has 1 aliphatic heterocycles. The quantitative estimate of drug-likeness (QED) is 0.191. The lowest BCUT2D eigenvalue weighted by Crippen LogP contribution is -2.31. The van der Waals surface area contributed by atoms with Crippen LogP contribution in [0.1, 0.15) is 22.3 Å². The van der Waals surface area contributed by atoms with Crippen molar-refractivity contribution in [2.75, 3.05) is 13.7 Å². The number of nitrogens with zero attached hydrogens (tertiary/aromatic N) is 2. The van der Waals surface area contributed by atoms with Crippen LogP contribution < -0.4 is 9.47 Å². The van der Waals surface area contributed by atoms with Gasteiger partial charge in [0.2, 0.25) is 0 Å². The molecule has 0 radical (unpaired) electrons. The lowest BCUT2D eigenvalue weighted by atomic mass is 10.1. The molecule has 0 saturated carbocycles. The average Bonchev–Trinajstić information content (AvgIpc) is 3.26. The molecule has 0 unspecified atom stereocenters. The predicted molar refractivity (Wildman–Crippen MR) is 164 cm³/mol. The summed E-state index contributed by atoms with van der Waals surface area (Å²) in [6, 6.07) is 31.3. The van der Waals surface area contributed by atoms with Gasteiger partial charge in [-0.15, -0.1) is 0 Å². The molecule has 1 amide bonds. The summed E-state index contributed by atoms with van der Waals surface area (Å²) < 4.78 is 11.8. The Bertz CT molecular complexity index is 1550. The third-order valence-corrected chi connectivity index (χ3v) is 7.83. The van der Waals surface area contributed by atoms with Crippen LogP contribution in [0.3, 0.4) is 0 Å². The number of hydrogen-bond acceptors (Lipinski definition) is 5. The van der Waals surface area contributed by atoms with E-state index in [2.05, 4.69) is 12.1 Å². The molecule has 0 atom stereocenters. The maximum absolute atomic E-state index is 13.7. The normalized spacial score (nSPS) is 15.2. The van der Waals surface area contributed by atoms with Crippen LogP contribution in [0.5, 0.6) is 11.5 Å². The van der Waals surface area contributed by atoms with Crippen molar-refractivity contribution in [1.29, 1.82) is 0 Å². The first kappa shape index (κ1) is 27.6. The highest BCUT2D eigenvalue weighted by Crippen LogP contribution is 2.39. The maximum atomic E-state index is 13.7. The van der Waals surface area contributed by atoms with Crippen LogP contribution >= 0.6 is 23.4 Å². The molecule has 0 bridgehead atoms. The zero-order valence-electron chi connectivity index (χ0n) is 22.3. The van der Waals surface area contributed by atoms with E-state index in [0.29, 0.717) is 33.1 Å². The summed E-state index contributed by atoms with van der Waals surface area (Å²) in [6.45, 7) is 2.82. The number of methoxy groups -OCH3 is 1. The van der Waals surface area contributed by atoms with E-state index in [-0.39, 0.29) is 12.5 Å². The van der Waals surface area contributed by atoms with Crippen LogP contribution in [0.25, 0.3) is 6.08 Å². The lowest BCUT2D eigenvalue weighted by molar-refractivity contribution is -0.122. The van der Waals surface area contributed by atoms with Crippen LogP contribution in [0.4, 0.5) is 5.69 Å². The molecule has 202 valence electrons. The number of rotatable bonds is 9. The number of amidine groups is 1. The Morgan fingerprint density at radius 1 is 0.925 bits per heavy atom. The minimum atomic E-state index is -0.0910. The summed E-state index contributed by atoms with van der Waals surface area (Å²) in [4.78, 5) is 20.9. The number of para-hydroxylation sites is 1. The zero-order valence-corrected chi connectivity index (χ0v) is 23.9. The van der Waals surface area contributed by atoms with E-state index < -0.39 is 0 Å². The summed E-state index contributed by atoms with van der Waals surface area (Å²) >= 11 is 7.72. The van der Waals surface area contributed by atoms with Crippen LogP contribution in [0, 0.1) is 6.92 Å². The molecule has 1 fully saturated rings. The highest BCUT2D eigenvalue weighted by Gasteiger charge is 2.33. The Morgan fingerprint density at radius 2 is 1.68 bits per heavy atom. The summed E-state index contributed by atoms with van der Waals surface area (Å²) in [5.74, 6) is 1.03. The Kier molecular flexibility index (Phi) is 8.89. The summed E-state index contributed by atoms with van der Waals surface area (Å²) in [7, 11) is 1.60. The SMILES string of the molecule is COc1cccc(/C=C2/SC(=Nc3ccc(C)cc3)N(CCc3ccccc3)C2=O)c1OCc1ccccc1Cl. The molecule has 4 aromatic rings. The van der Waals surface area contributed by atoms with Crippen LogP contribution in [-0.4, -0.2) is 29.6 Å². The second-order valence-corrected chi connectivity index (χ2v) is 10.7. The van der Waals surface area contributed by atoms with E-state index in [9.17, 15) is 4.79 Å². The first-order valence-corrected chi connectivity index (χ1v) is 14.1. The van der Waals surface area contributed by atoms with E-state index >= 15 is 0 Å². The van der Waals surface area contributed by atoms with Gasteiger partial charge in [-0.1, -0.05) is 90.0 Å². The van der Waals surface area contributed by atoms with Gasteiger partial charge in [0, 0.05) is 22.7 Å². The Balaban J connectivity index is 1.46. The minimum Gasteiger partial charge on any atom is -0.493 e. The lowest BCUT2D eigenvalue weighted by Gasteiger charge is -2.16. The van der Waals surface area contributed by atoms with Crippen LogP contribution in [0.15, 0.2) is 107 Å². The van der Waals surface area contributed by atoms with E-state index in [1.807, 2.05) is 97.9 Å². The molecule has 1 heterocycles. The largest absolute Gasteiger partial charge is 0.493 e. The van der Waals surface area contributed by atoms with Gasteiger partial charge in [-0.05, 0) is 61.0 Å². The highest BCUT2D eigenvalue weighted by molar-refractivity contribution is 8.18. The molecule has 0 N–H and O–H groups in total. The van der Waals surface area contributed by atoms with Gasteiger partial charge < -0.3 is 9.47 Å². The van der Waals surface area contributed by atoms with E-state index in [1.54, 1.807) is 12.0 Å². The molecular weight excluding hydrogens is 540 g/mol. The number of hydrogen-bond donors (Lipinski definition) is 0. The number of halogens is 1. The number of aliphatic imine (C=N–C) groups is 1. The fourth-order valence-electron chi connectivity index (χ4n) is 4.27. The molecule has 0 aromatic heterocycles. The van der Waals surface area contributed by atoms with Gasteiger partial charge in [-0.3, -0.25) is 9.69 Å². The molecule has 1 saturated heterocycles. The average molecular weight is 569 g/mol. The molecular formula is C33H29ClN2O3S. The molecule has 5 nitrogen and oxygen atoms in total. The monoisotopic (exact) mass is 568 g/mol. The molecule has 4 aromatic carbocycles. The Morgan fingerprint density at radius 3 is 2.42 bits per heavy atom. The van der Waals surface area contributed by atoms with E-state index in [1.165, 1.54) is 11.8 Å². The van der Waals surface area contributed by atoms with Gasteiger partial charge in [0.15, 0.2) is 16.7 Å². The molecule has 0 aliphatic carbocycles. The minimum absolute atomic E-state index is 0.0910. The summed E-state index contributed by atoms with van der Waals surface area (Å²) in [6.07, 6.45) is 2.57. The van der Waals surface area contributed by atoms with Crippen molar-refractivity contribution in [2.45, 2.75) is 20.0 Å². The number of benzene rings is 4. The van der Waals surface area contributed by atoms with Gasteiger partial charge in [0.25, 0.3) is 5.91 Å². The first-order chi connectivity index (χ1) is 19.5. The van der Waals surface area contributed by atoms with Crippen molar-refractivity contribution in [3.8, 4) is 11.5 Å². The van der Waals surface area contributed by atoms with E-state index in [4.69, 9.17) is 26.1 Å². The highest BCUT2D eigenvalue weighted by atomic mass is 35.5. The van der Waals surface area contributed by atoms with Crippen LogP contribution in [0.2, 0.25) is 5.02 Å². The number of carbonyl (C=O) groups is 1. The topological polar surface area (TPSA) is 51.1 Å². The van der Waals surface area contributed by atoms with Crippen molar-refractivity contribution in [2.24, 2.45) is 4.99 Å². The molecule has 5 rings (SSSR count). The Hall–Kier alpha value is -4.00. The van der Waals surface area contributed by atoms with Crippen LogP contribution in [-0.2, 0) is 17.8 Å². The van der Waals surface area contributed by atoms with Gasteiger partial charge >= 0.3 is 0 Å². The van der Waals surface area contributed by atoms with E-state index in [0.717, 1.165) is 34.4 Å². The molecule has 1 aliphatic rings. The smallest absolute Gasteiger partial charge is 0.266 e. The van der Waals surface area contributed by atoms with Crippen molar-refractivity contribution in [3.63, 3.8) is 0 Å². The second kappa shape index (κ2) is 12.9. The summed E-state index contributed by atoms with van der Waals surface area (Å²) in [5, 5.41) is 1.28. The fraction of sp³-hybridized carbons (Fsp3) is 0.152. The Labute approximate surface area is 244 Å². The molecule has 40 heavy (non-hydrogen) atoms. The van der Waals surface area contributed by atoms with Crippen molar-refractivity contribution in [3.05, 3.63) is 129 Å². The molecule has 7 heteroatoms. The maximum Gasteiger partial charge on any atom is 0.266 e. The van der Waals surface area contributed by atoms with Gasteiger partial charge in [0.05, 0.1) is 17.7 Å². The number of thioether (sulfide) groups is 1. The van der Waals surface area contributed by atoms with Gasteiger partial charge in [-0.25, -0.2) is 4.99 Å². The predicted octanol–water partition coefficient (Wildman–Crippen LogP) is 8.08. The number of carbonyl (C=O) groups excluding carboxylic acids is 1.